The average Bonchev–Trinajstić information content (AvgIpc) is 2.37. The number of nitrogens with one attached hydrogen (secondary N) is 1. The molecule has 0 saturated carbocycles. The highest BCUT2D eigenvalue weighted by atomic mass is 35.5. The SMILES string of the molecule is Cc1cccc(C(=O)Nc2ccnc(Cl)n2)c1[N+](=O)[O-]. The highest BCUT2D eigenvalue weighted by molar-refractivity contribution is 6.28. The lowest BCUT2D eigenvalue weighted by Crippen LogP contribution is -2.15. The molecule has 0 atom stereocenters. The van der Waals surface area contributed by atoms with Crippen molar-refractivity contribution in [1.29, 1.82) is 0 Å². The van der Waals surface area contributed by atoms with Gasteiger partial charge in [-0.2, -0.15) is 0 Å². The van der Waals surface area contributed by atoms with E-state index in [1.165, 1.54) is 18.3 Å². The van der Waals surface area contributed by atoms with E-state index in [1.807, 2.05) is 0 Å². The number of anilines is 1. The van der Waals surface area contributed by atoms with Gasteiger partial charge in [-0.3, -0.25) is 14.9 Å². The van der Waals surface area contributed by atoms with Gasteiger partial charge in [0.05, 0.1) is 4.92 Å². The number of carbonyl (C=O) groups is 1. The monoisotopic (exact) mass is 292 g/mol. The zero-order valence-corrected chi connectivity index (χ0v) is 11.1. The van der Waals surface area contributed by atoms with Crippen molar-refractivity contribution in [2.45, 2.75) is 6.92 Å². The van der Waals surface area contributed by atoms with Crippen molar-refractivity contribution in [2.75, 3.05) is 5.32 Å². The predicted octanol–water partition coefficient (Wildman–Crippen LogP) is 2.60. The van der Waals surface area contributed by atoms with Gasteiger partial charge in [0.2, 0.25) is 5.28 Å². The van der Waals surface area contributed by atoms with Crippen molar-refractivity contribution in [3.8, 4) is 0 Å². The first-order chi connectivity index (χ1) is 9.49. The van der Waals surface area contributed by atoms with Gasteiger partial charge < -0.3 is 5.32 Å². The van der Waals surface area contributed by atoms with Crippen molar-refractivity contribution in [1.82, 2.24) is 9.97 Å². The van der Waals surface area contributed by atoms with Crippen LogP contribution in [-0.4, -0.2) is 20.8 Å². The maximum atomic E-state index is 12.1. The third-order valence-corrected chi connectivity index (χ3v) is 2.71. The van der Waals surface area contributed by atoms with Crippen LogP contribution in [0.15, 0.2) is 30.5 Å². The minimum absolute atomic E-state index is 0.0264. The van der Waals surface area contributed by atoms with Crippen LogP contribution in [0.2, 0.25) is 5.28 Å². The number of nitrogens with zero attached hydrogens (tertiary/aromatic N) is 3. The maximum Gasteiger partial charge on any atom is 0.285 e. The Morgan fingerprint density at radius 2 is 2.15 bits per heavy atom. The minimum Gasteiger partial charge on any atom is -0.306 e. The molecular weight excluding hydrogens is 284 g/mol. The number of aryl methyl sites for hydroxylation is 1. The molecule has 7 nitrogen and oxygen atoms in total. The van der Waals surface area contributed by atoms with Crippen LogP contribution in [-0.2, 0) is 0 Å². The van der Waals surface area contributed by atoms with Crippen LogP contribution in [0.4, 0.5) is 11.5 Å². The molecule has 0 aliphatic carbocycles. The molecule has 102 valence electrons. The van der Waals surface area contributed by atoms with E-state index < -0.39 is 10.8 Å². The first-order valence-corrected chi connectivity index (χ1v) is 5.90. The Bertz CT molecular complexity index is 690. The lowest BCUT2D eigenvalue weighted by Gasteiger charge is -2.06. The fourth-order valence-electron chi connectivity index (χ4n) is 1.67. The number of para-hydroxylation sites is 1. The summed E-state index contributed by atoms with van der Waals surface area (Å²) in [5.74, 6) is -0.457. The predicted molar refractivity (Wildman–Crippen MR) is 72.8 cm³/mol. The maximum absolute atomic E-state index is 12.1. The van der Waals surface area contributed by atoms with Crippen molar-refractivity contribution < 1.29 is 9.72 Å². The lowest BCUT2D eigenvalue weighted by atomic mass is 10.1. The lowest BCUT2D eigenvalue weighted by molar-refractivity contribution is -0.385. The molecule has 1 aromatic heterocycles. The molecule has 0 unspecified atom stereocenters. The first kappa shape index (κ1) is 13.9. The molecule has 1 amide bonds. The number of nitro groups is 1. The Morgan fingerprint density at radius 3 is 2.80 bits per heavy atom. The standard InChI is InChI=1S/C12H9ClN4O3/c1-7-3-2-4-8(10(7)17(19)20)11(18)15-9-5-6-14-12(13)16-9/h2-6H,1H3,(H,14,15,16,18). The van der Waals surface area contributed by atoms with Gasteiger partial charge in [-0.25, -0.2) is 9.97 Å². The minimum atomic E-state index is -0.629. The Balaban J connectivity index is 2.35. The quantitative estimate of drug-likeness (QED) is 0.532. The van der Waals surface area contributed by atoms with Gasteiger partial charge in [0, 0.05) is 11.8 Å². The largest absolute Gasteiger partial charge is 0.306 e. The zero-order chi connectivity index (χ0) is 14.7. The van der Waals surface area contributed by atoms with Crippen molar-refractivity contribution in [3.05, 3.63) is 57.0 Å². The van der Waals surface area contributed by atoms with E-state index in [9.17, 15) is 14.9 Å². The molecular formula is C12H9ClN4O3. The summed E-state index contributed by atoms with van der Waals surface area (Å²) >= 11 is 5.60. The van der Waals surface area contributed by atoms with Crippen molar-refractivity contribution in [3.63, 3.8) is 0 Å². The molecule has 0 radical (unpaired) electrons. The number of nitro benzene ring substituents is 1. The third-order valence-electron chi connectivity index (χ3n) is 2.53. The van der Waals surface area contributed by atoms with Crippen LogP contribution >= 0.6 is 11.6 Å². The van der Waals surface area contributed by atoms with Gasteiger partial charge in [0.15, 0.2) is 0 Å². The van der Waals surface area contributed by atoms with Crippen LogP contribution in [0.25, 0.3) is 0 Å². The second kappa shape index (κ2) is 5.62. The Labute approximate surface area is 118 Å². The summed E-state index contributed by atoms with van der Waals surface area (Å²) in [7, 11) is 0. The summed E-state index contributed by atoms with van der Waals surface area (Å²) in [4.78, 5) is 30.0. The number of benzene rings is 1. The third kappa shape index (κ3) is 2.89. The molecule has 0 fully saturated rings. The molecule has 1 aromatic carbocycles. The smallest absolute Gasteiger partial charge is 0.285 e. The Hall–Kier alpha value is -2.54. The van der Waals surface area contributed by atoms with E-state index in [0.717, 1.165) is 0 Å². The number of carbonyl (C=O) groups excluding carboxylic acids is 1. The Morgan fingerprint density at radius 1 is 1.40 bits per heavy atom. The van der Waals surface area contributed by atoms with Crippen LogP contribution in [0.1, 0.15) is 15.9 Å². The summed E-state index contributed by atoms with van der Waals surface area (Å²) < 4.78 is 0. The van der Waals surface area contributed by atoms with E-state index in [4.69, 9.17) is 11.6 Å². The summed E-state index contributed by atoms with van der Waals surface area (Å²) in [5.41, 5.74) is 0.137. The van der Waals surface area contributed by atoms with Gasteiger partial charge in [-0.05, 0) is 30.7 Å². The summed E-state index contributed by atoms with van der Waals surface area (Å²) in [6.45, 7) is 1.57. The summed E-state index contributed by atoms with van der Waals surface area (Å²) in [5, 5.41) is 13.4. The normalized spacial score (nSPS) is 10.1. The van der Waals surface area contributed by atoms with Crippen molar-refractivity contribution in [2.24, 2.45) is 0 Å². The zero-order valence-electron chi connectivity index (χ0n) is 10.3. The molecule has 1 heterocycles. The highest BCUT2D eigenvalue weighted by Crippen LogP contribution is 2.23. The topological polar surface area (TPSA) is 98.0 Å². The van der Waals surface area contributed by atoms with Crippen LogP contribution in [0, 0.1) is 17.0 Å². The van der Waals surface area contributed by atoms with Crippen LogP contribution in [0.3, 0.4) is 0 Å². The van der Waals surface area contributed by atoms with E-state index in [1.54, 1.807) is 19.1 Å². The number of amides is 1. The molecule has 1 N–H and O–H groups in total. The molecule has 0 saturated heterocycles. The number of aromatic nitrogens is 2. The van der Waals surface area contributed by atoms with E-state index >= 15 is 0 Å². The van der Waals surface area contributed by atoms with Crippen molar-refractivity contribution >= 4 is 29.0 Å². The molecule has 20 heavy (non-hydrogen) atoms. The van der Waals surface area contributed by atoms with Gasteiger partial charge in [0.1, 0.15) is 11.4 Å². The molecule has 0 bridgehead atoms. The molecule has 2 aromatic rings. The second-order valence-electron chi connectivity index (χ2n) is 3.89. The van der Waals surface area contributed by atoms with Crippen LogP contribution < -0.4 is 5.32 Å². The highest BCUT2D eigenvalue weighted by Gasteiger charge is 2.22. The van der Waals surface area contributed by atoms with Gasteiger partial charge >= 0.3 is 0 Å². The van der Waals surface area contributed by atoms with E-state index in [-0.39, 0.29) is 22.4 Å². The number of halogens is 1. The molecule has 0 aliphatic rings. The van der Waals surface area contributed by atoms with E-state index in [0.29, 0.717) is 5.56 Å². The number of hydrogen-bond acceptors (Lipinski definition) is 5. The van der Waals surface area contributed by atoms with Crippen LogP contribution in [0.5, 0.6) is 0 Å². The number of hydrogen-bond donors (Lipinski definition) is 1. The first-order valence-electron chi connectivity index (χ1n) is 5.53. The fraction of sp³-hybridized carbons (Fsp3) is 0.0833. The van der Waals surface area contributed by atoms with E-state index in [2.05, 4.69) is 15.3 Å². The molecule has 8 heteroatoms. The van der Waals surface area contributed by atoms with Gasteiger partial charge in [-0.1, -0.05) is 12.1 Å². The second-order valence-corrected chi connectivity index (χ2v) is 4.23. The fourth-order valence-corrected chi connectivity index (χ4v) is 1.82. The molecule has 2 rings (SSSR count). The summed E-state index contributed by atoms with van der Waals surface area (Å²) in [6, 6.07) is 5.95. The average molecular weight is 293 g/mol. The van der Waals surface area contributed by atoms with Gasteiger partial charge in [-0.15, -0.1) is 0 Å². The Kier molecular flexibility index (Phi) is 3.90. The number of rotatable bonds is 3. The molecule has 0 spiro atoms. The summed E-state index contributed by atoms with van der Waals surface area (Å²) in [6.07, 6.45) is 1.37. The molecule has 0 aliphatic heterocycles. The van der Waals surface area contributed by atoms with Gasteiger partial charge in [0.25, 0.3) is 11.6 Å².